The quantitative estimate of drug-likeness (QED) is 0.830. The molecule has 0 saturated carbocycles. The first-order chi connectivity index (χ1) is 11.7. The summed E-state index contributed by atoms with van der Waals surface area (Å²) in [4.78, 5) is 12.0. The minimum Gasteiger partial charge on any atom is -0.334 e. The lowest BCUT2D eigenvalue weighted by molar-refractivity contribution is 0.251. The maximum absolute atomic E-state index is 13.7. The molecular weight excluding hydrogens is 369 g/mol. The second-order valence-electron chi connectivity index (χ2n) is 5.34. The van der Waals surface area contributed by atoms with E-state index in [0.29, 0.717) is 5.56 Å². The molecule has 25 heavy (non-hydrogen) atoms. The van der Waals surface area contributed by atoms with Crippen molar-refractivity contribution in [2.45, 2.75) is 11.4 Å². The fraction of sp³-hybridized carbons (Fsp3) is 0.188. The molecule has 0 unspecified atom stereocenters. The highest BCUT2D eigenvalue weighted by molar-refractivity contribution is 7.89. The highest BCUT2D eigenvalue weighted by atomic mass is 35.5. The standard InChI is InChI=1S/C16H17ClFN3O3S/c1-21(2)25(23,24)12-8-6-11(7-9-12)10-19-16(22)20-14-5-3-4-13(17)15(14)18/h3-9H,10H2,1-2H3,(H2,19,20,22). The minimum atomic E-state index is -3.50. The molecule has 0 bridgehead atoms. The van der Waals surface area contributed by atoms with Crippen molar-refractivity contribution in [1.82, 2.24) is 9.62 Å². The molecule has 0 spiro atoms. The zero-order valence-electron chi connectivity index (χ0n) is 13.6. The smallest absolute Gasteiger partial charge is 0.319 e. The Bertz CT molecular complexity index is 871. The Kier molecular flexibility index (Phi) is 5.99. The number of amides is 2. The van der Waals surface area contributed by atoms with Gasteiger partial charge in [0, 0.05) is 20.6 Å². The second-order valence-corrected chi connectivity index (χ2v) is 7.90. The molecule has 0 aliphatic carbocycles. The first-order valence-electron chi connectivity index (χ1n) is 7.22. The summed E-state index contributed by atoms with van der Waals surface area (Å²) < 4.78 is 38.8. The van der Waals surface area contributed by atoms with Gasteiger partial charge in [0.1, 0.15) is 0 Å². The Hall–Kier alpha value is -2.16. The van der Waals surface area contributed by atoms with Crippen molar-refractivity contribution >= 4 is 33.3 Å². The fourth-order valence-corrected chi connectivity index (χ4v) is 3.02. The summed E-state index contributed by atoms with van der Waals surface area (Å²) >= 11 is 5.64. The van der Waals surface area contributed by atoms with Crippen molar-refractivity contribution in [3.8, 4) is 0 Å². The van der Waals surface area contributed by atoms with Crippen LogP contribution in [0.25, 0.3) is 0 Å². The zero-order valence-corrected chi connectivity index (χ0v) is 15.2. The van der Waals surface area contributed by atoms with Crippen molar-refractivity contribution in [2.75, 3.05) is 19.4 Å². The van der Waals surface area contributed by atoms with Gasteiger partial charge in [-0.1, -0.05) is 29.8 Å². The Balaban J connectivity index is 1.97. The van der Waals surface area contributed by atoms with Crippen LogP contribution in [0, 0.1) is 5.82 Å². The number of halogens is 2. The number of rotatable bonds is 5. The number of nitrogens with one attached hydrogen (secondary N) is 2. The van der Waals surface area contributed by atoms with Crippen molar-refractivity contribution in [2.24, 2.45) is 0 Å². The number of sulfonamides is 1. The van der Waals surface area contributed by atoms with Gasteiger partial charge in [-0.05, 0) is 29.8 Å². The van der Waals surface area contributed by atoms with Gasteiger partial charge in [0.2, 0.25) is 10.0 Å². The third kappa shape index (κ3) is 4.68. The molecule has 0 heterocycles. The van der Waals surface area contributed by atoms with Crippen LogP contribution >= 0.6 is 11.6 Å². The van der Waals surface area contributed by atoms with E-state index >= 15 is 0 Å². The average Bonchev–Trinajstić information content (AvgIpc) is 2.57. The van der Waals surface area contributed by atoms with E-state index in [0.717, 1.165) is 4.31 Å². The average molecular weight is 386 g/mol. The molecule has 0 atom stereocenters. The molecule has 6 nitrogen and oxygen atoms in total. The van der Waals surface area contributed by atoms with Crippen molar-refractivity contribution in [3.63, 3.8) is 0 Å². The van der Waals surface area contributed by atoms with Gasteiger partial charge in [-0.25, -0.2) is 21.9 Å². The summed E-state index contributed by atoms with van der Waals surface area (Å²) in [6.07, 6.45) is 0. The van der Waals surface area contributed by atoms with Crippen LogP contribution in [0.1, 0.15) is 5.56 Å². The molecular formula is C16H17ClFN3O3S. The van der Waals surface area contributed by atoms with Crippen LogP contribution in [-0.2, 0) is 16.6 Å². The Labute approximate surface area is 150 Å². The first-order valence-corrected chi connectivity index (χ1v) is 9.04. The maximum atomic E-state index is 13.7. The molecule has 0 saturated heterocycles. The predicted octanol–water partition coefficient (Wildman–Crippen LogP) is 3.05. The van der Waals surface area contributed by atoms with Gasteiger partial charge < -0.3 is 10.6 Å². The minimum absolute atomic E-state index is 0.0302. The molecule has 2 rings (SSSR count). The van der Waals surface area contributed by atoms with Crippen LogP contribution in [0.2, 0.25) is 5.02 Å². The number of carbonyl (C=O) groups excluding carboxylic acids is 1. The highest BCUT2D eigenvalue weighted by Gasteiger charge is 2.16. The third-order valence-corrected chi connectivity index (χ3v) is 5.48. The predicted molar refractivity (Wildman–Crippen MR) is 94.6 cm³/mol. The molecule has 2 amide bonds. The summed E-state index contributed by atoms with van der Waals surface area (Å²) in [7, 11) is -0.598. The molecule has 0 aliphatic heterocycles. The molecule has 134 valence electrons. The van der Waals surface area contributed by atoms with E-state index in [1.807, 2.05) is 0 Å². The zero-order chi connectivity index (χ0) is 18.6. The number of urea groups is 1. The number of benzene rings is 2. The molecule has 0 aliphatic rings. The number of hydrogen-bond acceptors (Lipinski definition) is 3. The summed E-state index contributed by atoms with van der Waals surface area (Å²) in [6.45, 7) is 0.149. The largest absolute Gasteiger partial charge is 0.334 e. The van der Waals surface area contributed by atoms with Crippen LogP contribution in [0.3, 0.4) is 0 Å². The highest BCUT2D eigenvalue weighted by Crippen LogP contribution is 2.21. The van der Waals surface area contributed by atoms with Crippen LogP contribution in [0.4, 0.5) is 14.9 Å². The second kappa shape index (κ2) is 7.81. The lowest BCUT2D eigenvalue weighted by Gasteiger charge is -2.12. The van der Waals surface area contributed by atoms with E-state index in [4.69, 9.17) is 11.6 Å². The van der Waals surface area contributed by atoms with Gasteiger partial charge in [0.25, 0.3) is 0 Å². The lowest BCUT2D eigenvalue weighted by Crippen LogP contribution is -2.28. The van der Waals surface area contributed by atoms with Gasteiger partial charge >= 0.3 is 6.03 Å². The molecule has 2 aromatic rings. The lowest BCUT2D eigenvalue weighted by atomic mass is 10.2. The summed E-state index contributed by atoms with van der Waals surface area (Å²) in [5.41, 5.74) is 0.664. The van der Waals surface area contributed by atoms with Gasteiger partial charge in [-0.3, -0.25) is 0 Å². The first kappa shape index (κ1) is 19.2. The van der Waals surface area contributed by atoms with Crippen molar-refractivity contribution in [1.29, 1.82) is 0 Å². The van der Waals surface area contributed by atoms with Crippen LogP contribution in [-0.4, -0.2) is 32.8 Å². The summed E-state index contributed by atoms with van der Waals surface area (Å²) in [5.74, 6) is -0.711. The maximum Gasteiger partial charge on any atom is 0.319 e. The van der Waals surface area contributed by atoms with Crippen LogP contribution in [0.5, 0.6) is 0 Å². The molecule has 2 N–H and O–H groups in total. The Morgan fingerprint density at radius 3 is 2.40 bits per heavy atom. The van der Waals surface area contributed by atoms with Crippen LogP contribution < -0.4 is 10.6 Å². The number of nitrogens with zero attached hydrogens (tertiary/aromatic N) is 1. The molecule has 0 aromatic heterocycles. The van der Waals surface area contributed by atoms with E-state index < -0.39 is 21.9 Å². The Morgan fingerprint density at radius 2 is 1.80 bits per heavy atom. The number of hydrogen-bond donors (Lipinski definition) is 2. The monoisotopic (exact) mass is 385 g/mol. The molecule has 0 fully saturated rings. The van der Waals surface area contributed by atoms with Crippen LogP contribution in [0.15, 0.2) is 47.4 Å². The van der Waals surface area contributed by atoms with Gasteiger partial charge in [0.05, 0.1) is 15.6 Å². The van der Waals surface area contributed by atoms with Gasteiger partial charge in [-0.2, -0.15) is 0 Å². The summed E-state index contributed by atoms with van der Waals surface area (Å²) in [6, 6.07) is 9.79. The van der Waals surface area contributed by atoms with Crippen molar-refractivity contribution < 1.29 is 17.6 Å². The van der Waals surface area contributed by atoms with Gasteiger partial charge in [-0.15, -0.1) is 0 Å². The van der Waals surface area contributed by atoms with Crippen molar-refractivity contribution in [3.05, 3.63) is 58.9 Å². The summed E-state index contributed by atoms with van der Waals surface area (Å²) in [5, 5.41) is 4.83. The molecule has 2 aromatic carbocycles. The Morgan fingerprint density at radius 1 is 1.16 bits per heavy atom. The molecule has 9 heteroatoms. The van der Waals surface area contributed by atoms with E-state index in [-0.39, 0.29) is 22.2 Å². The number of anilines is 1. The SMILES string of the molecule is CN(C)S(=O)(=O)c1ccc(CNC(=O)Nc2cccc(Cl)c2F)cc1. The molecule has 0 radical (unpaired) electrons. The fourth-order valence-electron chi connectivity index (χ4n) is 1.94. The normalized spacial score (nSPS) is 11.4. The number of carbonyl (C=O) groups is 1. The van der Waals surface area contributed by atoms with E-state index in [1.165, 1.54) is 44.4 Å². The third-order valence-electron chi connectivity index (χ3n) is 3.35. The van der Waals surface area contributed by atoms with E-state index in [9.17, 15) is 17.6 Å². The topological polar surface area (TPSA) is 78.5 Å². The van der Waals surface area contributed by atoms with E-state index in [2.05, 4.69) is 10.6 Å². The van der Waals surface area contributed by atoms with E-state index in [1.54, 1.807) is 12.1 Å². The van der Waals surface area contributed by atoms with Gasteiger partial charge in [0.15, 0.2) is 5.82 Å².